The van der Waals surface area contributed by atoms with Crippen LogP contribution in [-0.2, 0) is 5.54 Å². The SMILES string of the molecule is CN(C)C1(c2ccccn2)CC[C](O)CC1. The molecule has 0 atom stereocenters. The van der Waals surface area contributed by atoms with E-state index in [-0.39, 0.29) is 5.54 Å². The van der Waals surface area contributed by atoms with Crippen molar-refractivity contribution in [2.45, 2.75) is 31.2 Å². The van der Waals surface area contributed by atoms with Crippen LogP contribution in [0.1, 0.15) is 31.4 Å². The number of hydrogen-bond donors (Lipinski definition) is 1. The molecule has 3 heteroatoms. The molecule has 1 N–H and O–H groups in total. The van der Waals surface area contributed by atoms with E-state index in [9.17, 15) is 5.11 Å². The Morgan fingerprint density at radius 2 is 1.94 bits per heavy atom. The van der Waals surface area contributed by atoms with Gasteiger partial charge in [0.1, 0.15) is 0 Å². The van der Waals surface area contributed by atoms with Crippen molar-refractivity contribution in [2.75, 3.05) is 14.1 Å². The van der Waals surface area contributed by atoms with E-state index in [4.69, 9.17) is 0 Å². The van der Waals surface area contributed by atoms with Gasteiger partial charge in [0.15, 0.2) is 0 Å². The van der Waals surface area contributed by atoms with Crippen LogP contribution in [0.2, 0.25) is 0 Å². The molecule has 2 rings (SSSR count). The van der Waals surface area contributed by atoms with Crippen molar-refractivity contribution in [1.29, 1.82) is 0 Å². The molecule has 1 fully saturated rings. The van der Waals surface area contributed by atoms with Crippen molar-refractivity contribution in [3.05, 3.63) is 36.2 Å². The highest BCUT2D eigenvalue weighted by Gasteiger charge is 2.39. The number of pyridine rings is 1. The minimum absolute atomic E-state index is 0.00646. The summed E-state index contributed by atoms with van der Waals surface area (Å²) in [6, 6.07) is 6.06. The van der Waals surface area contributed by atoms with E-state index in [1.807, 2.05) is 18.3 Å². The van der Waals surface area contributed by atoms with E-state index in [2.05, 4.69) is 30.0 Å². The summed E-state index contributed by atoms with van der Waals surface area (Å²) in [5, 5.41) is 9.55. The standard InChI is InChI=1S/C13H19N2O/c1-15(2)13(8-6-11(16)7-9-13)12-5-3-4-10-14-12/h3-5,10,16H,6-9H2,1-2H3. The average Bonchev–Trinajstić information content (AvgIpc) is 2.31. The van der Waals surface area contributed by atoms with Crippen LogP contribution >= 0.6 is 0 Å². The lowest BCUT2D eigenvalue weighted by atomic mass is 9.77. The zero-order valence-electron chi connectivity index (χ0n) is 9.98. The van der Waals surface area contributed by atoms with Gasteiger partial charge in [-0.3, -0.25) is 9.88 Å². The van der Waals surface area contributed by atoms with Crippen molar-refractivity contribution in [3.63, 3.8) is 0 Å². The van der Waals surface area contributed by atoms with Gasteiger partial charge in [0.2, 0.25) is 0 Å². The lowest BCUT2D eigenvalue weighted by molar-refractivity contribution is 0.0709. The zero-order valence-corrected chi connectivity index (χ0v) is 9.98. The van der Waals surface area contributed by atoms with Crippen molar-refractivity contribution < 1.29 is 5.11 Å². The summed E-state index contributed by atoms with van der Waals surface area (Å²) in [5.41, 5.74) is 1.11. The van der Waals surface area contributed by atoms with Crippen LogP contribution in [0.15, 0.2) is 24.4 Å². The van der Waals surface area contributed by atoms with E-state index >= 15 is 0 Å². The van der Waals surface area contributed by atoms with Crippen LogP contribution in [0.25, 0.3) is 0 Å². The average molecular weight is 219 g/mol. The minimum Gasteiger partial charge on any atom is -0.387 e. The van der Waals surface area contributed by atoms with Gasteiger partial charge in [0.25, 0.3) is 0 Å². The van der Waals surface area contributed by atoms with Gasteiger partial charge in [-0.15, -0.1) is 0 Å². The summed E-state index contributed by atoms with van der Waals surface area (Å²) in [5.74, 6) is 0. The fourth-order valence-electron chi connectivity index (χ4n) is 2.52. The van der Waals surface area contributed by atoms with E-state index < -0.39 is 0 Å². The first-order chi connectivity index (χ1) is 7.65. The zero-order chi connectivity index (χ0) is 11.6. The second kappa shape index (κ2) is 4.52. The highest BCUT2D eigenvalue weighted by atomic mass is 16.3. The first-order valence-electron chi connectivity index (χ1n) is 5.78. The lowest BCUT2D eigenvalue weighted by Crippen LogP contribution is -2.44. The number of aromatic nitrogens is 1. The summed E-state index contributed by atoms with van der Waals surface area (Å²) in [6.45, 7) is 0. The van der Waals surface area contributed by atoms with Gasteiger partial charge >= 0.3 is 0 Å². The summed E-state index contributed by atoms with van der Waals surface area (Å²) < 4.78 is 0. The van der Waals surface area contributed by atoms with Gasteiger partial charge in [-0.1, -0.05) is 6.07 Å². The first kappa shape index (κ1) is 11.6. The van der Waals surface area contributed by atoms with Crippen molar-refractivity contribution >= 4 is 0 Å². The third-order valence-electron chi connectivity index (χ3n) is 3.65. The van der Waals surface area contributed by atoms with Crippen molar-refractivity contribution in [3.8, 4) is 0 Å². The Kier molecular flexibility index (Phi) is 3.26. The monoisotopic (exact) mass is 219 g/mol. The predicted molar refractivity (Wildman–Crippen MR) is 63.2 cm³/mol. The predicted octanol–water partition coefficient (Wildman–Crippen LogP) is 2.32. The Morgan fingerprint density at radius 3 is 2.44 bits per heavy atom. The molecule has 1 aromatic rings. The van der Waals surface area contributed by atoms with Crippen LogP contribution in [0.5, 0.6) is 0 Å². The summed E-state index contributed by atoms with van der Waals surface area (Å²) in [4.78, 5) is 6.73. The quantitative estimate of drug-likeness (QED) is 0.829. The molecule has 1 aromatic heterocycles. The fourth-order valence-corrected chi connectivity index (χ4v) is 2.52. The molecule has 0 aromatic carbocycles. The molecule has 0 amide bonds. The number of rotatable bonds is 2. The van der Waals surface area contributed by atoms with E-state index in [1.54, 1.807) is 0 Å². The molecule has 16 heavy (non-hydrogen) atoms. The second-order valence-electron chi connectivity index (χ2n) is 4.71. The van der Waals surface area contributed by atoms with Gasteiger partial charge in [0, 0.05) is 6.20 Å². The van der Waals surface area contributed by atoms with Crippen LogP contribution in [-0.4, -0.2) is 29.1 Å². The van der Waals surface area contributed by atoms with Gasteiger partial charge in [-0.05, 0) is 51.9 Å². The third-order valence-corrected chi connectivity index (χ3v) is 3.65. The summed E-state index contributed by atoms with van der Waals surface area (Å²) in [6.07, 6.45) is 5.95. The molecule has 3 nitrogen and oxygen atoms in total. The first-order valence-corrected chi connectivity index (χ1v) is 5.78. The molecule has 0 aliphatic heterocycles. The topological polar surface area (TPSA) is 36.4 Å². The molecular formula is C13H19N2O. The number of nitrogens with zero attached hydrogens (tertiary/aromatic N) is 2. The molecule has 1 saturated carbocycles. The molecule has 0 bridgehead atoms. The van der Waals surface area contributed by atoms with Gasteiger partial charge in [-0.2, -0.15) is 0 Å². The largest absolute Gasteiger partial charge is 0.387 e. The molecule has 0 unspecified atom stereocenters. The second-order valence-corrected chi connectivity index (χ2v) is 4.71. The highest BCUT2D eigenvalue weighted by Crippen LogP contribution is 2.41. The van der Waals surface area contributed by atoms with Gasteiger partial charge in [-0.25, -0.2) is 0 Å². The normalized spacial score (nSPS) is 21.2. The van der Waals surface area contributed by atoms with Crippen LogP contribution < -0.4 is 0 Å². The van der Waals surface area contributed by atoms with E-state index in [1.165, 1.54) is 0 Å². The molecule has 0 spiro atoms. The smallest absolute Gasteiger partial charge is 0.0935 e. The van der Waals surface area contributed by atoms with E-state index in [0.717, 1.165) is 31.4 Å². The Morgan fingerprint density at radius 1 is 1.25 bits per heavy atom. The summed E-state index contributed by atoms with van der Waals surface area (Å²) >= 11 is 0. The Labute approximate surface area is 97.1 Å². The van der Waals surface area contributed by atoms with Crippen LogP contribution in [0.4, 0.5) is 0 Å². The molecular weight excluding hydrogens is 200 g/mol. The van der Waals surface area contributed by atoms with Gasteiger partial charge < -0.3 is 5.11 Å². The van der Waals surface area contributed by atoms with Crippen molar-refractivity contribution in [2.24, 2.45) is 0 Å². The molecule has 1 aliphatic rings. The number of aliphatic hydroxyl groups excluding tert-OH is 1. The maximum Gasteiger partial charge on any atom is 0.0935 e. The lowest BCUT2D eigenvalue weighted by Gasteiger charge is -2.43. The minimum atomic E-state index is -0.00646. The Balaban J connectivity index is 2.30. The molecule has 1 aliphatic carbocycles. The summed E-state index contributed by atoms with van der Waals surface area (Å²) in [7, 11) is 4.19. The van der Waals surface area contributed by atoms with Crippen LogP contribution in [0, 0.1) is 6.10 Å². The fraction of sp³-hybridized carbons (Fsp3) is 0.538. The number of hydrogen-bond acceptors (Lipinski definition) is 3. The molecule has 1 heterocycles. The Bertz CT molecular complexity index is 329. The van der Waals surface area contributed by atoms with Crippen molar-refractivity contribution in [1.82, 2.24) is 9.88 Å². The number of aliphatic hydroxyl groups is 1. The molecule has 1 radical (unpaired) electrons. The molecule has 0 saturated heterocycles. The van der Waals surface area contributed by atoms with Gasteiger partial charge in [0.05, 0.1) is 17.3 Å². The third kappa shape index (κ3) is 1.97. The maximum absolute atomic E-state index is 9.55. The highest BCUT2D eigenvalue weighted by molar-refractivity contribution is 5.18. The maximum atomic E-state index is 9.55. The molecule has 87 valence electrons. The van der Waals surface area contributed by atoms with E-state index in [0.29, 0.717) is 6.10 Å². The Hall–Kier alpha value is -0.930. The van der Waals surface area contributed by atoms with Crippen LogP contribution in [0.3, 0.4) is 0 Å².